The molecule has 0 bridgehead atoms. The monoisotopic (exact) mass is 182 g/mol. The molecule has 1 rings (SSSR count). The van der Waals surface area contributed by atoms with Crippen LogP contribution in [0, 0.1) is 0 Å². The SMILES string of the molecule is C/C=C/COc1ccc(Cl)cc1. The Morgan fingerprint density at radius 2 is 2.00 bits per heavy atom. The minimum absolute atomic E-state index is 0.609. The maximum absolute atomic E-state index is 5.70. The van der Waals surface area contributed by atoms with Crippen LogP contribution < -0.4 is 4.74 Å². The maximum atomic E-state index is 5.70. The molecule has 0 saturated carbocycles. The van der Waals surface area contributed by atoms with Crippen LogP contribution in [0.2, 0.25) is 5.02 Å². The van der Waals surface area contributed by atoms with Gasteiger partial charge in [0.05, 0.1) is 0 Å². The summed E-state index contributed by atoms with van der Waals surface area (Å²) in [5.41, 5.74) is 0. The first-order valence-electron chi connectivity index (χ1n) is 3.82. The van der Waals surface area contributed by atoms with Gasteiger partial charge in [-0.3, -0.25) is 0 Å². The summed E-state index contributed by atoms with van der Waals surface area (Å²) < 4.78 is 5.36. The Morgan fingerprint density at radius 1 is 1.33 bits per heavy atom. The third-order valence-corrected chi connectivity index (χ3v) is 1.65. The van der Waals surface area contributed by atoms with Crippen molar-refractivity contribution in [2.24, 2.45) is 0 Å². The zero-order valence-electron chi connectivity index (χ0n) is 6.96. The summed E-state index contributed by atoms with van der Waals surface area (Å²) in [6, 6.07) is 7.33. The van der Waals surface area contributed by atoms with Crippen molar-refractivity contribution in [3.8, 4) is 5.75 Å². The molecule has 0 aliphatic carbocycles. The van der Waals surface area contributed by atoms with E-state index >= 15 is 0 Å². The first kappa shape index (κ1) is 9.14. The number of hydrogen-bond donors (Lipinski definition) is 0. The molecule has 0 atom stereocenters. The van der Waals surface area contributed by atoms with Gasteiger partial charge in [0.1, 0.15) is 12.4 Å². The quantitative estimate of drug-likeness (QED) is 0.652. The van der Waals surface area contributed by atoms with E-state index in [1.807, 2.05) is 43.3 Å². The number of rotatable bonds is 3. The predicted octanol–water partition coefficient (Wildman–Crippen LogP) is 3.29. The summed E-state index contributed by atoms with van der Waals surface area (Å²) in [5.74, 6) is 0.845. The van der Waals surface area contributed by atoms with E-state index in [0.717, 1.165) is 10.8 Å². The van der Waals surface area contributed by atoms with Crippen molar-refractivity contribution in [1.29, 1.82) is 0 Å². The van der Waals surface area contributed by atoms with E-state index in [2.05, 4.69) is 0 Å². The molecule has 0 unspecified atom stereocenters. The van der Waals surface area contributed by atoms with Crippen molar-refractivity contribution in [2.45, 2.75) is 6.92 Å². The summed E-state index contributed by atoms with van der Waals surface area (Å²) in [6.45, 7) is 2.57. The zero-order chi connectivity index (χ0) is 8.81. The molecular weight excluding hydrogens is 172 g/mol. The molecule has 0 aliphatic heterocycles. The molecule has 0 saturated heterocycles. The Balaban J connectivity index is 2.47. The highest BCUT2D eigenvalue weighted by Gasteiger charge is 1.90. The van der Waals surface area contributed by atoms with Crippen LogP contribution in [0.1, 0.15) is 6.92 Å². The molecule has 12 heavy (non-hydrogen) atoms. The molecule has 0 aromatic heterocycles. The smallest absolute Gasteiger partial charge is 0.119 e. The van der Waals surface area contributed by atoms with Gasteiger partial charge in [0.25, 0.3) is 0 Å². The second-order valence-electron chi connectivity index (χ2n) is 2.33. The Hall–Kier alpha value is -0.950. The predicted molar refractivity (Wildman–Crippen MR) is 51.8 cm³/mol. The number of hydrogen-bond acceptors (Lipinski definition) is 1. The van der Waals surface area contributed by atoms with Crippen molar-refractivity contribution in [1.82, 2.24) is 0 Å². The van der Waals surface area contributed by atoms with Gasteiger partial charge in [0, 0.05) is 5.02 Å². The fraction of sp³-hybridized carbons (Fsp3) is 0.200. The molecule has 0 heterocycles. The first-order valence-corrected chi connectivity index (χ1v) is 4.20. The van der Waals surface area contributed by atoms with Crippen LogP contribution in [0.5, 0.6) is 5.75 Å². The van der Waals surface area contributed by atoms with Gasteiger partial charge in [0.2, 0.25) is 0 Å². The summed E-state index contributed by atoms with van der Waals surface area (Å²) in [6.07, 6.45) is 3.91. The van der Waals surface area contributed by atoms with Crippen LogP contribution >= 0.6 is 11.6 Å². The number of benzene rings is 1. The summed E-state index contributed by atoms with van der Waals surface area (Å²) in [4.78, 5) is 0. The van der Waals surface area contributed by atoms with Gasteiger partial charge in [-0.25, -0.2) is 0 Å². The van der Waals surface area contributed by atoms with Crippen molar-refractivity contribution >= 4 is 11.6 Å². The number of halogens is 1. The van der Waals surface area contributed by atoms with Crippen LogP contribution in [0.25, 0.3) is 0 Å². The lowest BCUT2D eigenvalue weighted by Crippen LogP contribution is -1.91. The third kappa shape index (κ3) is 2.97. The standard InChI is InChI=1S/C10H11ClO/c1-2-3-8-12-10-6-4-9(11)5-7-10/h2-7H,8H2,1H3/b3-2+. The van der Waals surface area contributed by atoms with Crippen molar-refractivity contribution in [3.63, 3.8) is 0 Å². The third-order valence-electron chi connectivity index (χ3n) is 1.40. The Bertz CT molecular complexity index is 251. The van der Waals surface area contributed by atoms with Gasteiger partial charge in [-0.15, -0.1) is 0 Å². The lowest BCUT2D eigenvalue weighted by Gasteiger charge is -2.01. The molecule has 2 heteroatoms. The molecule has 1 aromatic carbocycles. The summed E-state index contributed by atoms with van der Waals surface area (Å²) in [5, 5.41) is 0.730. The Morgan fingerprint density at radius 3 is 2.58 bits per heavy atom. The number of ether oxygens (including phenoxy) is 1. The van der Waals surface area contributed by atoms with Gasteiger partial charge in [-0.05, 0) is 31.2 Å². The Labute approximate surface area is 77.6 Å². The fourth-order valence-corrected chi connectivity index (χ4v) is 0.897. The molecule has 0 N–H and O–H groups in total. The highest BCUT2D eigenvalue weighted by molar-refractivity contribution is 6.30. The molecule has 0 radical (unpaired) electrons. The molecule has 64 valence electrons. The summed E-state index contributed by atoms with van der Waals surface area (Å²) >= 11 is 5.70. The molecule has 0 spiro atoms. The average Bonchev–Trinajstić information content (AvgIpc) is 2.09. The van der Waals surface area contributed by atoms with E-state index in [1.165, 1.54) is 0 Å². The van der Waals surface area contributed by atoms with E-state index in [-0.39, 0.29) is 0 Å². The number of allylic oxidation sites excluding steroid dienone is 1. The second kappa shape index (κ2) is 4.83. The van der Waals surface area contributed by atoms with Gasteiger partial charge >= 0.3 is 0 Å². The van der Waals surface area contributed by atoms with Crippen LogP contribution in [0.15, 0.2) is 36.4 Å². The zero-order valence-corrected chi connectivity index (χ0v) is 7.71. The van der Waals surface area contributed by atoms with E-state index in [1.54, 1.807) is 0 Å². The van der Waals surface area contributed by atoms with E-state index in [0.29, 0.717) is 6.61 Å². The molecule has 1 nitrogen and oxygen atoms in total. The topological polar surface area (TPSA) is 9.23 Å². The van der Waals surface area contributed by atoms with Crippen LogP contribution in [-0.2, 0) is 0 Å². The van der Waals surface area contributed by atoms with Gasteiger partial charge in [-0.2, -0.15) is 0 Å². The Kier molecular flexibility index (Phi) is 3.68. The highest BCUT2D eigenvalue weighted by Crippen LogP contribution is 2.15. The molecule has 0 fully saturated rings. The lowest BCUT2D eigenvalue weighted by atomic mass is 10.3. The van der Waals surface area contributed by atoms with Crippen LogP contribution in [0.3, 0.4) is 0 Å². The van der Waals surface area contributed by atoms with Gasteiger partial charge in [0.15, 0.2) is 0 Å². The summed E-state index contributed by atoms with van der Waals surface area (Å²) in [7, 11) is 0. The van der Waals surface area contributed by atoms with Gasteiger partial charge < -0.3 is 4.74 Å². The van der Waals surface area contributed by atoms with Crippen molar-refractivity contribution in [3.05, 3.63) is 41.4 Å². The first-order chi connectivity index (χ1) is 5.83. The molecule has 1 aromatic rings. The maximum Gasteiger partial charge on any atom is 0.119 e. The fourth-order valence-electron chi connectivity index (χ4n) is 0.771. The molecule has 0 aliphatic rings. The van der Waals surface area contributed by atoms with Crippen LogP contribution in [-0.4, -0.2) is 6.61 Å². The van der Waals surface area contributed by atoms with E-state index in [4.69, 9.17) is 16.3 Å². The highest BCUT2D eigenvalue weighted by atomic mass is 35.5. The van der Waals surface area contributed by atoms with Gasteiger partial charge in [-0.1, -0.05) is 23.8 Å². The second-order valence-corrected chi connectivity index (χ2v) is 2.77. The minimum Gasteiger partial charge on any atom is -0.490 e. The van der Waals surface area contributed by atoms with Crippen LogP contribution in [0.4, 0.5) is 0 Å². The minimum atomic E-state index is 0.609. The normalized spacial score (nSPS) is 10.5. The lowest BCUT2D eigenvalue weighted by molar-refractivity contribution is 0.363. The average molecular weight is 183 g/mol. The largest absolute Gasteiger partial charge is 0.490 e. The molecule has 0 amide bonds. The van der Waals surface area contributed by atoms with Crippen molar-refractivity contribution in [2.75, 3.05) is 6.61 Å². The van der Waals surface area contributed by atoms with E-state index in [9.17, 15) is 0 Å². The molecular formula is C10H11ClO. The van der Waals surface area contributed by atoms with E-state index < -0.39 is 0 Å². The van der Waals surface area contributed by atoms with Crippen molar-refractivity contribution < 1.29 is 4.74 Å².